The van der Waals surface area contributed by atoms with Crippen molar-refractivity contribution in [1.82, 2.24) is 5.32 Å². The van der Waals surface area contributed by atoms with Crippen LogP contribution in [0.1, 0.15) is 11.7 Å². The van der Waals surface area contributed by atoms with Gasteiger partial charge in [0.25, 0.3) is 11.6 Å². The van der Waals surface area contributed by atoms with Gasteiger partial charge in [0.2, 0.25) is 0 Å². The van der Waals surface area contributed by atoms with Gasteiger partial charge in [-0.3, -0.25) is 14.9 Å². The van der Waals surface area contributed by atoms with Crippen LogP contribution in [-0.4, -0.2) is 38.5 Å². The van der Waals surface area contributed by atoms with Crippen LogP contribution in [0, 0.1) is 10.1 Å². The largest absolute Gasteiger partial charge is 0.394 e. The Morgan fingerprint density at radius 3 is 2.50 bits per heavy atom. The van der Waals surface area contributed by atoms with E-state index in [0.29, 0.717) is 0 Å². The van der Waals surface area contributed by atoms with Gasteiger partial charge in [0.15, 0.2) is 4.84 Å². The summed E-state index contributed by atoms with van der Waals surface area (Å²) in [5.41, 5.74) is -0.349. The van der Waals surface area contributed by atoms with Crippen LogP contribution in [0.4, 0.5) is 5.69 Å². The number of alkyl halides is 2. The van der Waals surface area contributed by atoms with Crippen molar-refractivity contribution in [2.75, 3.05) is 6.61 Å². The molecule has 1 aromatic rings. The van der Waals surface area contributed by atoms with E-state index in [9.17, 15) is 25.1 Å². The zero-order chi connectivity index (χ0) is 15.3. The van der Waals surface area contributed by atoms with Crippen LogP contribution in [0.5, 0.6) is 0 Å². The van der Waals surface area contributed by atoms with E-state index in [-0.39, 0.29) is 11.3 Å². The van der Waals surface area contributed by atoms with Gasteiger partial charge in [-0.05, 0) is 6.07 Å². The molecule has 1 aromatic carbocycles. The van der Waals surface area contributed by atoms with Gasteiger partial charge in [-0.15, -0.1) is 0 Å². The Bertz CT molecular complexity index is 497. The number of nitrogens with zero attached hydrogens (tertiary/aromatic N) is 1. The van der Waals surface area contributed by atoms with Gasteiger partial charge in [0.05, 0.1) is 23.1 Å². The lowest BCUT2D eigenvalue weighted by molar-refractivity contribution is -0.386. The fraction of sp³-hybridized carbons (Fsp3) is 0.364. The fourth-order valence-corrected chi connectivity index (χ4v) is 1.72. The first-order valence-electron chi connectivity index (χ1n) is 5.49. The molecule has 0 aliphatic heterocycles. The molecule has 0 saturated carbocycles. The molecule has 0 saturated heterocycles. The molecule has 3 N–H and O–H groups in total. The summed E-state index contributed by atoms with van der Waals surface area (Å²) in [4.78, 5) is 20.2. The first-order chi connectivity index (χ1) is 9.38. The highest BCUT2D eigenvalue weighted by Gasteiger charge is 2.29. The Kier molecular flexibility index (Phi) is 6.15. The Morgan fingerprint density at radius 1 is 1.40 bits per heavy atom. The summed E-state index contributed by atoms with van der Waals surface area (Å²) in [5, 5.41) is 32.3. The standard InChI is InChI=1S/C11H12Cl2N2O5/c12-10(13)11(18)14-7(5-16)9(17)6-3-1-2-4-8(6)15(19)20/h1-4,7,9-10,16-17H,5H2,(H,14,18)/t7-,9+/m1/s1. The summed E-state index contributed by atoms with van der Waals surface area (Å²) in [6.45, 7) is -0.639. The third-order valence-electron chi connectivity index (χ3n) is 2.56. The number of rotatable bonds is 6. The van der Waals surface area contributed by atoms with Crippen LogP contribution in [0.2, 0.25) is 0 Å². The van der Waals surface area contributed by atoms with Crippen molar-refractivity contribution in [1.29, 1.82) is 0 Å². The zero-order valence-corrected chi connectivity index (χ0v) is 11.6. The second-order valence-electron chi connectivity index (χ2n) is 3.86. The van der Waals surface area contributed by atoms with Crippen LogP contribution in [-0.2, 0) is 4.79 Å². The maximum absolute atomic E-state index is 11.3. The summed E-state index contributed by atoms with van der Waals surface area (Å²) >= 11 is 10.7. The number of aliphatic hydroxyl groups is 2. The molecular weight excluding hydrogens is 311 g/mol. The normalized spacial score (nSPS) is 13.8. The average molecular weight is 323 g/mol. The van der Waals surface area contributed by atoms with Crippen LogP contribution >= 0.6 is 23.2 Å². The molecule has 0 aromatic heterocycles. The number of carbonyl (C=O) groups is 1. The predicted molar refractivity (Wildman–Crippen MR) is 72.6 cm³/mol. The molecule has 1 rings (SSSR count). The molecule has 0 radical (unpaired) electrons. The van der Waals surface area contributed by atoms with Crippen LogP contribution in [0.15, 0.2) is 24.3 Å². The zero-order valence-electron chi connectivity index (χ0n) is 10.1. The molecule has 110 valence electrons. The Morgan fingerprint density at radius 2 is 2.00 bits per heavy atom. The molecule has 0 spiro atoms. The van der Waals surface area contributed by atoms with Gasteiger partial charge < -0.3 is 15.5 Å². The number of hydrogen-bond acceptors (Lipinski definition) is 5. The highest BCUT2D eigenvalue weighted by molar-refractivity contribution is 6.53. The van der Waals surface area contributed by atoms with Crippen LogP contribution < -0.4 is 5.32 Å². The minimum atomic E-state index is -1.47. The van der Waals surface area contributed by atoms with Gasteiger partial charge >= 0.3 is 0 Å². The minimum absolute atomic E-state index is 0.0301. The third kappa shape index (κ3) is 4.04. The number of carbonyl (C=O) groups excluding carboxylic acids is 1. The summed E-state index contributed by atoms with van der Waals surface area (Å²) in [7, 11) is 0. The number of nitrogens with one attached hydrogen (secondary N) is 1. The van der Waals surface area contributed by atoms with E-state index < -0.39 is 34.4 Å². The molecule has 0 unspecified atom stereocenters. The number of aliphatic hydroxyl groups excluding tert-OH is 2. The lowest BCUT2D eigenvalue weighted by atomic mass is 10.0. The van der Waals surface area contributed by atoms with Crippen molar-refractivity contribution in [3.05, 3.63) is 39.9 Å². The fourth-order valence-electron chi connectivity index (χ4n) is 1.59. The molecule has 9 heteroatoms. The second kappa shape index (κ2) is 7.39. The molecule has 0 bridgehead atoms. The predicted octanol–water partition coefficient (Wildman–Crippen LogP) is 0.909. The lowest BCUT2D eigenvalue weighted by Crippen LogP contribution is -2.44. The number of nitro groups is 1. The van der Waals surface area contributed by atoms with Crippen molar-refractivity contribution in [3.63, 3.8) is 0 Å². The molecule has 0 aliphatic rings. The van der Waals surface area contributed by atoms with E-state index in [4.69, 9.17) is 23.2 Å². The quantitative estimate of drug-likeness (QED) is 0.409. The van der Waals surface area contributed by atoms with Gasteiger partial charge in [-0.25, -0.2) is 0 Å². The van der Waals surface area contributed by atoms with Crippen molar-refractivity contribution in [2.24, 2.45) is 0 Å². The molecule has 2 atom stereocenters. The highest BCUT2D eigenvalue weighted by atomic mass is 35.5. The van der Waals surface area contributed by atoms with E-state index in [0.717, 1.165) is 0 Å². The van der Waals surface area contributed by atoms with E-state index in [1.807, 2.05) is 0 Å². The first-order valence-corrected chi connectivity index (χ1v) is 6.36. The minimum Gasteiger partial charge on any atom is -0.394 e. The van der Waals surface area contributed by atoms with Crippen molar-refractivity contribution in [2.45, 2.75) is 17.0 Å². The van der Waals surface area contributed by atoms with Gasteiger partial charge in [-0.2, -0.15) is 0 Å². The summed E-state index contributed by atoms with van der Waals surface area (Å²) < 4.78 is 0. The third-order valence-corrected chi connectivity index (χ3v) is 2.95. The maximum Gasteiger partial charge on any atom is 0.275 e. The van der Waals surface area contributed by atoms with E-state index >= 15 is 0 Å². The van der Waals surface area contributed by atoms with Gasteiger partial charge in [0, 0.05) is 6.07 Å². The highest BCUT2D eigenvalue weighted by Crippen LogP contribution is 2.27. The topological polar surface area (TPSA) is 113 Å². The molecule has 0 heterocycles. The number of halogens is 2. The van der Waals surface area contributed by atoms with Crippen molar-refractivity contribution in [3.8, 4) is 0 Å². The van der Waals surface area contributed by atoms with E-state index in [2.05, 4.69) is 5.32 Å². The Labute approximate surface area is 124 Å². The Balaban J connectivity index is 2.99. The van der Waals surface area contributed by atoms with Crippen LogP contribution in [0.3, 0.4) is 0 Å². The van der Waals surface area contributed by atoms with E-state index in [1.54, 1.807) is 0 Å². The molecule has 1 amide bonds. The molecule has 20 heavy (non-hydrogen) atoms. The number of amides is 1. The first kappa shape index (κ1) is 16.6. The number of hydrogen-bond donors (Lipinski definition) is 3. The summed E-state index contributed by atoms with van der Waals surface area (Å²) in [6.07, 6.45) is -1.47. The SMILES string of the molecule is O=C(N[C@H](CO)[C@@H](O)c1ccccc1[N+](=O)[O-])C(Cl)Cl. The van der Waals surface area contributed by atoms with Gasteiger partial charge in [0.1, 0.15) is 6.10 Å². The van der Waals surface area contributed by atoms with Crippen molar-refractivity contribution >= 4 is 34.8 Å². The smallest absolute Gasteiger partial charge is 0.275 e. The Hall–Kier alpha value is -1.41. The molecule has 0 fully saturated rings. The number of benzene rings is 1. The monoisotopic (exact) mass is 322 g/mol. The molecule has 0 aliphatic carbocycles. The molecular formula is C11H12Cl2N2O5. The second-order valence-corrected chi connectivity index (χ2v) is 4.96. The van der Waals surface area contributed by atoms with E-state index in [1.165, 1.54) is 24.3 Å². The van der Waals surface area contributed by atoms with Crippen LogP contribution in [0.25, 0.3) is 0 Å². The summed E-state index contributed by atoms with van der Waals surface area (Å²) in [6, 6.07) is 4.31. The maximum atomic E-state index is 11.3. The summed E-state index contributed by atoms with van der Waals surface area (Å²) in [5.74, 6) is -0.815. The number of para-hydroxylation sites is 1. The van der Waals surface area contributed by atoms with Gasteiger partial charge in [-0.1, -0.05) is 35.3 Å². The lowest BCUT2D eigenvalue weighted by Gasteiger charge is -2.22. The molecule has 7 nitrogen and oxygen atoms in total. The average Bonchev–Trinajstić information content (AvgIpc) is 2.43. The van der Waals surface area contributed by atoms with Crippen molar-refractivity contribution < 1.29 is 19.9 Å². The number of nitro benzene ring substituents is 1.